The van der Waals surface area contributed by atoms with E-state index in [-0.39, 0.29) is 18.0 Å². The molecule has 1 fully saturated rings. The van der Waals surface area contributed by atoms with E-state index in [1.54, 1.807) is 12.1 Å². The largest absolute Gasteiger partial charge is 0.478 e. The molecule has 0 atom stereocenters. The number of amides is 1. The molecule has 5 nitrogen and oxygen atoms in total. The number of aromatic carboxylic acids is 1. The molecule has 1 amide bonds. The van der Waals surface area contributed by atoms with E-state index in [2.05, 4.69) is 5.32 Å². The lowest BCUT2D eigenvalue weighted by Gasteiger charge is -2.16. The van der Waals surface area contributed by atoms with Gasteiger partial charge in [0, 0.05) is 18.8 Å². The van der Waals surface area contributed by atoms with Crippen molar-refractivity contribution in [3.63, 3.8) is 0 Å². The number of hydrogen-bond acceptors (Lipinski definition) is 3. The van der Waals surface area contributed by atoms with Crippen molar-refractivity contribution >= 4 is 17.6 Å². The number of carbonyl (C=O) groups excluding carboxylic acids is 1. The Morgan fingerprint density at radius 1 is 1.32 bits per heavy atom. The van der Waals surface area contributed by atoms with E-state index in [4.69, 9.17) is 5.11 Å². The Morgan fingerprint density at radius 2 is 2.00 bits per heavy atom. The van der Waals surface area contributed by atoms with Gasteiger partial charge in [-0.3, -0.25) is 4.79 Å². The predicted octanol–water partition coefficient (Wildman–Crippen LogP) is 1.73. The van der Waals surface area contributed by atoms with Gasteiger partial charge < -0.3 is 15.3 Å². The Hall–Kier alpha value is -2.04. The van der Waals surface area contributed by atoms with Gasteiger partial charge >= 0.3 is 5.97 Å². The van der Waals surface area contributed by atoms with Gasteiger partial charge in [0.15, 0.2) is 0 Å². The Labute approximate surface area is 112 Å². The van der Waals surface area contributed by atoms with Crippen molar-refractivity contribution < 1.29 is 14.7 Å². The van der Waals surface area contributed by atoms with E-state index < -0.39 is 5.97 Å². The highest BCUT2D eigenvalue weighted by molar-refractivity contribution is 5.89. The third-order valence-corrected chi connectivity index (χ3v) is 3.36. The minimum atomic E-state index is -0.942. The molecule has 0 bridgehead atoms. The van der Waals surface area contributed by atoms with E-state index in [1.165, 1.54) is 6.07 Å². The molecule has 19 heavy (non-hydrogen) atoms. The summed E-state index contributed by atoms with van der Waals surface area (Å²) < 4.78 is 0. The van der Waals surface area contributed by atoms with Gasteiger partial charge in [0.1, 0.15) is 0 Å². The monoisotopic (exact) mass is 262 g/mol. The SMILES string of the molecule is Cc1cc(C(=O)O)ccc1NCC(=O)N1CCCC1. The van der Waals surface area contributed by atoms with Crippen LogP contribution in [0.4, 0.5) is 5.69 Å². The summed E-state index contributed by atoms with van der Waals surface area (Å²) in [5.41, 5.74) is 1.89. The highest BCUT2D eigenvalue weighted by atomic mass is 16.4. The second kappa shape index (κ2) is 5.73. The van der Waals surface area contributed by atoms with Gasteiger partial charge in [0.25, 0.3) is 0 Å². The number of hydrogen-bond donors (Lipinski definition) is 2. The third kappa shape index (κ3) is 3.24. The lowest BCUT2D eigenvalue weighted by Crippen LogP contribution is -2.33. The quantitative estimate of drug-likeness (QED) is 0.867. The van der Waals surface area contributed by atoms with Crippen LogP contribution in [0.25, 0.3) is 0 Å². The first-order chi connectivity index (χ1) is 9.08. The van der Waals surface area contributed by atoms with Crippen LogP contribution in [0, 0.1) is 6.92 Å². The minimum Gasteiger partial charge on any atom is -0.478 e. The summed E-state index contributed by atoms with van der Waals surface area (Å²) in [4.78, 5) is 24.6. The highest BCUT2D eigenvalue weighted by Gasteiger charge is 2.17. The average molecular weight is 262 g/mol. The number of nitrogens with zero attached hydrogens (tertiary/aromatic N) is 1. The standard InChI is InChI=1S/C14H18N2O3/c1-10-8-11(14(18)19)4-5-12(10)15-9-13(17)16-6-2-3-7-16/h4-5,8,15H,2-3,6-7,9H2,1H3,(H,18,19). The fourth-order valence-corrected chi connectivity index (χ4v) is 2.24. The van der Waals surface area contributed by atoms with E-state index in [9.17, 15) is 9.59 Å². The maximum atomic E-state index is 11.9. The van der Waals surface area contributed by atoms with Crippen LogP contribution in [0.2, 0.25) is 0 Å². The second-order valence-corrected chi connectivity index (χ2v) is 4.78. The van der Waals surface area contributed by atoms with Crippen molar-refractivity contribution in [2.45, 2.75) is 19.8 Å². The van der Waals surface area contributed by atoms with Crippen LogP contribution in [0.3, 0.4) is 0 Å². The maximum Gasteiger partial charge on any atom is 0.335 e. The van der Waals surface area contributed by atoms with Gasteiger partial charge in [-0.15, -0.1) is 0 Å². The topological polar surface area (TPSA) is 69.6 Å². The zero-order valence-electron chi connectivity index (χ0n) is 11.0. The van der Waals surface area contributed by atoms with Crippen LogP contribution in [-0.2, 0) is 4.79 Å². The Bertz CT molecular complexity index is 493. The molecular formula is C14H18N2O3. The highest BCUT2D eigenvalue weighted by Crippen LogP contribution is 2.17. The molecule has 0 spiro atoms. The first kappa shape index (κ1) is 13.4. The number of carboxylic acid groups (broad SMARTS) is 1. The molecule has 1 aliphatic heterocycles. The molecule has 1 aromatic rings. The van der Waals surface area contributed by atoms with E-state index >= 15 is 0 Å². The number of nitrogens with one attached hydrogen (secondary N) is 1. The molecule has 2 N–H and O–H groups in total. The first-order valence-electron chi connectivity index (χ1n) is 6.43. The minimum absolute atomic E-state index is 0.0965. The summed E-state index contributed by atoms with van der Waals surface area (Å²) in [6.07, 6.45) is 2.16. The molecule has 1 heterocycles. The molecular weight excluding hydrogens is 244 g/mol. The van der Waals surface area contributed by atoms with Crippen LogP contribution in [0.15, 0.2) is 18.2 Å². The van der Waals surface area contributed by atoms with Crippen LogP contribution >= 0.6 is 0 Å². The van der Waals surface area contributed by atoms with Crippen molar-refractivity contribution in [3.05, 3.63) is 29.3 Å². The van der Waals surface area contributed by atoms with Crippen molar-refractivity contribution in [3.8, 4) is 0 Å². The molecule has 0 aliphatic carbocycles. The molecule has 1 aromatic carbocycles. The number of benzene rings is 1. The van der Waals surface area contributed by atoms with Gasteiger partial charge in [-0.2, -0.15) is 0 Å². The lowest BCUT2D eigenvalue weighted by molar-refractivity contribution is -0.128. The number of likely N-dealkylation sites (tertiary alicyclic amines) is 1. The molecule has 2 rings (SSSR count). The van der Waals surface area contributed by atoms with Crippen LogP contribution in [0.1, 0.15) is 28.8 Å². The van der Waals surface area contributed by atoms with Crippen molar-refractivity contribution in [1.82, 2.24) is 4.90 Å². The number of anilines is 1. The van der Waals surface area contributed by atoms with Gasteiger partial charge in [-0.25, -0.2) is 4.79 Å². The molecule has 0 unspecified atom stereocenters. The first-order valence-corrected chi connectivity index (χ1v) is 6.43. The van der Waals surface area contributed by atoms with Gasteiger partial charge in [0.2, 0.25) is 5.91 Å². The Morgan fingerprint density at radius 3 is 2.58 bits per heavy atom. The van der Waals surface area contributed by atoms with Gasteiger partial charge in [-0.1, -0.05) is 0 Å². The second-order valence-electron chi connectivity index (χ2n) is 4.78. The number of carbonyl (C=O) groups is 2. The van der Waals surface area contributed by atoms with Crippen molar-refractivity contribution in [2.24, 2.45) is 0 Å². The van der Waals surface area contributed by atoms with E-state index in [0.717, 1.165) is 37.2 Å². The molecule has 0 aromatic heterocycles. The summed E-state index contributed by atoms with van der Waals surface area (Å²) in [6.45, 7) is 3.78. The van der Waals surface area contributed by atoms with E-state index in [0.29, 0.717) is 0 Å². The fourth-order valence-electron chi connectivity index (χ4n) is 2.24. The number of aryl methyl sites for hydroxylation is 1. The van der Waals surface area contributed by atoms with Gasteiger partial charge in [-0.05, 0) is 43.5 Å². The van der Waals surface area contributed by atoms with Crippen molar-refractivity contribution in [2.75, 3.05) is 25.0 Å². The lowest BCUT2D eigenvalue weighted by atomic mass is 10.1. The molecule has 5 heteroatoms. The third-order valence-electron chi connectivity index (χ3n) is 3.36. The predicted molar refractivity (Wildman–Crippen MR) is 72.4 cm³/mol. The summed E-state index contributed by atoms with van der Waals surface area (Å²) in [5, 5.41) is 12.0. The Balaban J connectivity index is 1.95. The smallest absolute Gasteiger partial charge is 0.335 e. The average Bonchev–Trinajstić information content (AvgIpc) is 2.90. The zero-order chi connectivity index (χ0) is 13.8. The van der Waals surface area contributed by atoms with E-state index in [1.807, 2.05) is 11.8 Å². The van der Waals surface area contributed by atoms with Crippen molar-refractivity contribution in [1.29, 1.82) is 0 Å². The molecule has 0 radical (unpaired) electrons. The maximum absolute atomic E-state index is 11.9. The summed E-state index contributed by atoms with van der Waals surface area (Å²) in [5.74, 6) is -0.845. The van der Waals surface area contributed by atoms with Crippen LogP contribution in [0.5, 0.6) is 0 Å². The summed E-state index contributed by atoms with van der Waals surface area (Å²) in [7, 11) is 0. The molecule has 1 aliphatic rings. The number of carboxylic acids is 1. The normalized spacial score (nSPS) is 14.5. The number of rotatable bonds is 4. The van der Waals surface area contributed by atoms with Crippen LogP contribution in [-0.4, -0.2) is 41.5 Å². The zero-order valence-corrected chi connectivity index (χ0v) is 11.0. The van der Waals surface area contributed by atoms with Gasteiger partial charge in [0.05, 0.1) is 12.1 Å². The summed E-state index contributed by atoms with van der Waals surface area (Å²) in [6, 6.07) is 4.85. The molecule has 1 saturated heterocycles. The van der Waals surface area contributed by atoms with Crippen LogP contribution < -0.4 is 5.32 Å². The summed E-state index contributed by atoms with van der Waals surface area (Å²) >= 11 is 0. The Kier molecular flexibility index (Phi) is 4.04. The fraction of sp³-hybridized carbons (Fsp3) is 0.429. The molecule has 0 saturated carbocycles. The molecule has 102 valence electrons.